The summed E-state index contributed by atoms with van der Waals surface area (Å²) in [6.07, 6.45) is -0.239. The van der Waals surface area contributed by atoms with Gasteiger partial charge in [0, 0.05) is 30.5 Å². The predicted octanol–water partition coefficient (Wildman–Crippen LogP) is 3.08. The number of H-pyrrole nitrogens is 1. The van der Waals surface area contributed by atoms with Crippen molar-refractivity contribution in [2.75, 3.05) is 11.9 Å². The fourth-order valence-corrected chi connectivity index (χ4v) is 1.54. The van der Waals surface area contributed by atoms with Crippen LogP contribution >= 0.6 is 0 Å². The Balaban J connectivity index is 1.87. The highest BCUT2D eigenvalue weighted by molar-refractivity contribution is 5.45. The molecular formula is C12H12F3N3. The van der Waals surface area contributed by atoms with Crippen molar-refractivity contribution in [1.82, 2.24) is 9.97 Å². The van der Waals surface area contributed by atoms with Crippen LogP contribution in [0.5, 0.6) is 0 Å². The maximum Gasteiger partial charge on any atom is 0.416 e. The van der Waals surface area contributed by atoms with E-state index >= 15 is 0 Å². The Hall–Kier alpha value is -1.98. The molecule has 0 aliphatic heterocycles. The van der Waals surface area contributed by atoms with E-state index in [9.17, 15) is 13.2 Å². The van der Waals surface area contributed by atoms with E-state index in [1.165, 1.54) is 12.1 Å². The van der Waals surface area contributed by atoms with Crippen LogP contribution in [0.25, 0.3) is 0 Å². The molecule has 0 amide bonds. The predicted molar refractivity (Wildman–Crippen MR) is 62.2 cm³/mol. The average molecular weight is 255 g/mol. The summed E-state index contributed by atoms with van der Waals surface area (Å²) in [6.45, 7) is 0.632. The van der Waals surface area contributed by atoms with Gasteiger partial charge in [-0.1, -0.05) is 0 Å². The van der Waals surface area contributed by atoms with Gasteiger partial charge in [0.2, 0.25) is 0 Å². The van der Waals surface area contributed by atoms with E-state index in [0.29, 0.717) is 12.2 Å². The maximum absolute atomic E-state index is 12.3. The molecule has 2 N–H and O–H groups in total. The van der Waals surface area contributed by atoms with Gasteiger partial charge < -0.3 is 10.3 Å². The number of aromatic nitrogens is 2. The number of nitrogens with zero attached hydrogens (tertiary/aromatic N) is 1. The Labute approximate surface area is 102 Å². The summed E-state index contributed by atoms with van der Waals surface area (Å²) < 4.78 is 37.0. The second-order valence-electron chi connectivity index (χ2n) is 3.83. The number of alkyl halides is 3. The number of halogens is 3. The van der Waals surface area contributed by atoms with Gasteiger partial charge in [-0.05, 0) is 24.3 Å². The van der Waals surface area contributed by atoms with Gasteiger partial charge >= 0.3 is 6.18 Å². The molecule has 6 heteroatoms. The molecule has 0 unspecified atom stereocenters. The topological polar surface area (TPSA) is 40.7 Å². The van der Waals surface area contributed by atoms with Gasteiger partial charge in [0.25, 0.3) is 0 Å². The van der Waals surface area contributed by atoms with Gasteiger partial charge in [-0.15, -0.1) is 0 Å². The Morgan fingerprint density at radius 3 is 2.44 bits per heavy atom. The molecule has 1 aromatic carbocycles. The minimum Gasteiger partial charge on any atom is -0.385 e. The molecule has 0 saturated carbocycles. The number of anilines is 1. The Morgan fingerprint density at radius 1 is 1.17 bits per heavy atom. The molecule has 3 nitrogen and oxygen atoms in total. The van der Waals surface area contributed by atoms with Crippen molar-refractivity contribution in [1.29, 1.82) is 0 Å². The summed E-state index contributed by atoms with van der Waals surface area (Å²) in [7, 11) is 0. The van der Waals surface area contributed by atoms with Crippen LogP contribution in [-0.4, -0.2) is 16.5 Å². The molecule has 18 heavy (non-hydrogen) atoms. The largest absolute Gasteiger partial charge is 0.416 e. The molecular weight excluding hydrogens is 243 g/mol. The van der Waals surface area contributed by atoms with Gasteiger partial charge in [0.1, 0.15) is 0 Å². The first-order chi connectivity index (χ1) is 8.55. The number of aromatic amines is 1. The number of hydrogen-bond acceptors (Lipinski definition) is 2. The summed E-state index contributed by atoms with van der Waals surface area (Å²) in [6, 6.07) is 4.99. The summed E-state index contributed by atoms with van der Waals surface area (Å²) in [5.41, 5.74) is 1.01. The first-order valence-electron chi connectivity index (χ1n) is 5.44. The minimum atomic E-state index is -4.28. The van der Waals surface area contributed by atoms with E-state index in [-0.39, 0.29) is 0 Å². The van der Waals surface area contributed by atoms with E-state index in [4.69, 9.17) is 0 Å². The fourth-order valence-electron chi connectivity index (χ4n) is 1.54. The van der Waals surface area contributed by atoms with Crippen molar-refractivity contribution in [3.8, 4) is 0 Å². The molecule has 2 rings (SSSR count). The number of hydrogen-bond donors (Lipinski definition) is 2. The molecule has 2 aromatic rings. The highest BCUT2D eigenvalue weighted by atomic mass is 19.4. The van der Waals surface area contributed by atoms with Crippen LogP contribution in [0.4, 0.5) is 18.9 Å². The van der Waals surface area contributed by atoms with E-state index in [0.717, 1.165) is 24.2 Å². The molecule has 0 bridgehead atoms. The zero-order chi connectivity index (χ0) is 13.0. The van der Waals surface area contributed by atoms with E-state index < -0.39 is 11.7 Å². The molecule has 0 aliphatic rings. The smallest absolute Gasteiger partial charge is 0.385 e. The van der Waals surface area contributed by atoms with Gasteiger partial charge in [0.15, 0.2) is 0 Å². The van der Waals surface area contributed by atoms with Crippen molar-refractivity contribution < 1.29 is 13.2 Å². The van der Waals surface area contributed by atoms with Crippen LogP contribution in [0, 0.1) is 0 Å². The van der Waals surface area contributed by atoms with E-state index in [1.807, 2.05) is 0 Å². The lowest BCUT2D eigenvalue weighted by Crippen LogP contribution is -2.07. The second kappa shape index (κ2) is 5.12. The lowest BCUT2D eigenvalue weighted by Gasteiger charge is -2.09. The minimum absolute atomic E-state index is 0.632. The Bertz CT molecular complexity index is 474. The van der Waals surface area contributed by atoms with E-state index in [2.05, 4.69) is 15.3 Å². The van der Waals surface area contributed by atoms with Crippen molar-refractivity contribution >= 4 is 5.69 Å². The molecule has 0 spiro atoms. The number of benzene rings is 1. The molecule has 96 valence electrons. The van der Waals surface area contributed by atoms with Gasteiger partial charge in [-0.25, -0.2) is 4.98 Å². The first kappa shape index (κ1) is 12.5. The number of rotatable bonds is 4. The van der Waals surface area contributed by atoms with Crippen LogP contribution < -0.4 is 5.32 Å². The van der Waals surface area contributed by atoms with Crippen LogP contribution in [0.15, 0.2) is 36.8 Å². The lowest BCUT2D eigenvalue weighted by molar-refractivity contribution is -0.137. The molecule has 1 aromatic heterocycles. The third kappa shape index (κ3) is 3.26. The van der Waals surface area contributed by atoms with Crippen molar-refractivity contribution in [2.45, 2.75) is 12.6 Å². The maximum atomic E-state index is 12.3. The molecule has 0 fully saturated rings. The summed E-state index contributed by atoms with van der Waals surface area (Å²) in [5.74, 6) is 0. The number of nitrogens with one attached hydrogen (secondary N) is 2. The van der Waals surface area contributed by atoms with Crippen molar-refractivity contribution in [3.05, 3.63) is 48.0 Å². The highest BCUT2D eigenvalue weighted by Gasteiger charge is 2.29. The quantitative estimate of drug-likeness (QED) is 0.881. The second-order valence-corrected chi connectivity index (χ2v) is 3.83. The highest BCUT2D eigenvalue weighted by Crippen LogP contribution is 2.29. The van der Waals surface area contributed by atoms with Gasteiger partial charge in [-0.3, -0.25) is 0 Å². The Morgan fingerprint density at radius 2 is 1.89 bits per heavy atom. The fraction of sp³-hybridized carbons (Fsp3) is 0.250. The molecule has 0 aliphatic carbocycles. The average Bonchev–Trinajstić information content (AvgIpc) is 2.82. The lowest BCUT2D eigenvalue weighted by atomic mass is 10.2. The third-order valence-corrected chi connectivity index (χ3v) is 2.49. The van der Waals surface area contributed by atoms with Gasteiger partial charge in [0.05, 0.1) is 11.9 Å². The first-order valence-corrected chi connectivity index (χ1v) is 5.44. The molecule has 0 atom stereocenters. The van der Waals surface area contributed by atoms with Crippen molar-refractivity contribution in [3.63, 3.8) is 0 Å². The third-order valence-electron chi connectivity index (χ3n) is 2.49. The summed E-state index contributed by atoms with van der Waals surface area (Å²) >= 11 is 0. The van der Waals surface area contributed by atoms with Crippen LogP contribution in [0.1, 0.15) is 11.3 Å². The van der Waals surface area contributed by atoms with Crippen molar-refractivity contribution in [2.24, 2.45) is 0 Å². The normalized spacial score (nSPS) is 11.5. The molecule has 0 saturated heterocycles. The zero-order valence-electron chi connectivity index (χ0n) is 9.46. The van der Waals surface area contributed by atoms with Crippen LogP contribution in [0.3, 0.4) is 0 Å². The standard InChI is InChI=1S/C12H12F3N3/c13-12(14,15)9-1-3-10(4-2-9)17-6-5-11-7-16-8-18-11/h1-4,7-8,17H,5-6H2,(H,16,18). The summed E-state index contributed by atoms with van der Waals surface area (Å²) in [5, 5.41) is 3.05. The summed E-state index contributed by atoms with van der Waals surface area (Å²) in [4.78, 5) is 6.83. The monoisotopic (exact) mass is 255 g/mol. The van der Waals surface area contributed by atoms with E-state index in [1.54, 1.807) is 12.5 Å². The van der Waals surface area contributed by atoms with Gasteiger partial charge in [-0.2, -0.15) is 13.2 Å². The zero-order valence-corrected chi connectivity index (χ0v) is 9.46. The Kier molecular flexibility index (Phi) is 3.55. The van der Waals surface area contributed by atoms with Crippen LogP contribution in [-0.2, 0) is 12.6 Å². The molecule has 1 heterocycles. The SMILES string of the molecule is FC(F)(F)c1ccc(NCCc2cnc[nH]2)cc1. The molecule has 0 radical (unpaired) electrons. The number of imidazole rings is 1. The van der Waals surface area contributed by atoms with Crippen LogP contribution in [0.2, 0.25) is 0 Å².